The topological polar surface area (TPSA) is 72.9 Å². The zero-order valence-corrected chi connectivity index (χ0v) is 8.31. The Morgan fingerprint density at radius 3 is 3.07 bits per heavy atom. The Balaban J connectivity index is 2.16. The fourth-order valence-electron chi connectivity index (χ4n) is 1.20. The molecule has 1 amide bonds. The summed E-state index contributed by atoms with van der Waals surface area (Å²) >= 11 is 0. The molecule has 0 fully saturated rings. The second-order valence-corrected chi connectivity index (χ2v) is 3.30. The van der Waals surface area contributed by atoms with E-state index in [1.54, 1.807) is 6.20 Å². The standard InChI is InChI=1S/C9H16N4O/c1-8(11-5-3-9(10)14)7-13-6-2-4-12-13/h2,4,6,8,11H,3,5,7H2,1H3,(H2,10,14). The number of aromatic nitrogens is 2. The Morgan fingerprint density at radius 1 is 1.71 bits per heavy atom. The van der Waals surface area contributed by atoms with Crippen molar-refractivity contribution in [2.24, 2.45) is 5.73 Å². The number of hydrogen-bond acceptors (Lipinski definition) is 3. The summed E-state index contributed by atoms with van der Waals surface area (Å²) in [5.41, 5.74) is 5.02. The van der Waals surface area contributed by atoms with E-state index in [1.807, 2.05) is 23.9 Å². The van der Waals surface area contributed by atoms with Gasteiger partial charge < -0.3 is 11.1 Å². The van der Waals surface area contributed by atoms with Gasteiger partial charge in [0.15, 0.2) is 0 Å². The quantitative estimate of drug-likeness (QED) is 0.658. The minimum atomic E-state index is -0.274. The zero-order valence-electron chi connectivity index (χ0n) is 8.31. The minimum Gasteiger partial charge on any atom is -0.370 e. The number of nitrogens with two attached hydrogens (primary N) is 1. The Labute approximate surface area is 83.3 Å². The van der Waals surface area contributed by atoms with Gasteiger partial charge in [0.1, 0.15) is 0 Å². The van der Waals surface area contributed by atoms with Crippen LogP contribution in [0.2, 0.25) is 0 Å². The summed E-state index contributed by atoms with van der Waals surface area (Å²) in [6.45, 7) is 3.46. The van der Waals surface area contributed by atoms with Crippen molar-refractivity contribution in [2.75, 3.05) is 6.54 Å². The Morgan fingerprint density at radius 2 is 2.50 bits per heavy atom. The molecule has 0 radical (unpaired) electrons. The fraction of sp³-hybridized carbons (Fsp3) is 0.556. The van der Waals surface area contributed by atoms with Gasteiger partial charge >= 0.3 is 0 Å². The number of rotatable bonds is 6. The van der Waals surface area contributed by atoms with E-state index in [0.717, 1.165) is 6.54 Å². The smallest absolute Gasteiger partial charge is 0.218 e. The van der Waals surface area contributed by atoms with Gasteiger partial charge in [0.25, 0.3) is 0 Å². The van der Waals surface area contributed by atoms with Gasteiger partial charge in [-0.2, -0.15) is 5.10 Å². The van der Waals surface area contributed by atoms with E-state index in [9.17, 15) is 4.79 Å². The molecule has 1 rings (SSSR count). The van der Waals surface area contributed by atoms with Gasteiger partial charge in [0, 0.05) is 31.4 Å². The van der Waals surface area contributed by atoms with Crippen LogP contribution in [0.5, 0.6) is 0 Å². The summed E-state index contributed by atoms with van der Waals surface area (Å²) < 4.78 is 1.85. The van der Waals surface area contributed by atoms with Crippen LogP contribution in [0.3, 0.4) is 0 Å². The molecule has 3 N–H and O–H groups in total. The normalized spacial score (nSPS) is 12.6. The predicted octanol–water partition coefficient (Wildman–Crippen LogP) is -0.263. The Kier molecular flexibility index (Phi) is 4.12. The van der Waals surface area contributed by atoms with Crippen LogP contribution in [0.25, 0.3) is 0 Å². The first kappa shape index (κ1) is 10.7. The maximum Gasteiger partial charge on any atom is 0.218 e. The molecule has 1 unspecified atom stereocenters. The number of primary amides is 1. The van der Waals surface area contributed by atoms with Crippen molar-refractivity contribution in [1.29, 1.82) is 0 Å². The van der Waals surface area contributed by atoms with Crippen molar-refractivity contribution >= 4 is 5.91 Å². The van der Waals surface area contributed by atoms with Crippen LogP contribution in [0, 0.1) is 0 Å². The monoisotopic (exact) mass is 196 g/mol. The molecule has 0 saturated heterocycles. The van der Waals surface area contributed by atoms with Crippen LogP contribution in [0.15, 0.2) is 18.5 Å². The highest BCUT2D eigenvalue weighted by atomic mass is 16.1. The highest BCUT2D eigenvalue weighted by molar-refractivity contribution is 5.73. The lowest BCUT2D eigenvalue weighted by Crippen LogP contribution is -2.33. The van der Waals surface area contributed by atoms with E-state index in [2.05, 4.69) is 10.4 Å². The molecule has 0 bridgehead atoms. The van der Waals surface area contributed by atoms with Crippen LogP contribution < -0.4 is 11.1 Å². The molecule has 1 aromatic rings. The van der Waals surface area contributed by atoms with Crippen molar-refractivity contribution in [3.63, 3.8) is 0 Å². The number of amides is 1. The van der Waals surface area contributed by atoms with Gasteiger partial charge in [-0.3, -0.25) is 9.48 Å². The highest BCUT2D eigenvalue weighted by Crippen LogP contribution is 1.90. The number of hydrogen-bond donors (Lipinski definition) is 2. The lowest BCUT2D eigenvalue weighted by Gasteiger charge is -2.12. The number of carbonyl (C=O) groups excluding carboxylic acids is 1. The minimum absolute atomic E-state index is 0.274. The van der Waals surface area contributed by atoms with Gasteiger partial charge in [-0.25, -0.2) is 0 Å². The maximum atomic E-state index is 10.5. The van der Waals surface area contributed by atoms with Crippen LogP contribution >= 0.6 is 0 Å². The molecule has 1 aromatic heterocycles. The molecular weight excluding hydrogens is 180 g/mol. The Bertz CT molecular complexity index is 270. The second-order valence-electron chi connectivity index (χ2n) is 3.30. The largest absolute Gasteiger partial charge is 0.370 e. The molecule has 0 aliphatic rings. The van der Waals surface area contributed by atoms with Gasteiger partial charge in [-0.05, 0) is 13.0 Å². The van der Waals surface area contributed by atoms with E-state index in [0.29, 0.717) is 13.0 Å². The molecule has 1 heterocycles. The molecule has 0 aliphatic carbocycles. The van der Waals surface area contributed by atoms with Gasteiger partial charge in [-0.1, -0.05) is 0 Å². The fourth-order valence-corrected chi connectivity index (χ4v) is 1.20. The lowest BCUT2D eigenvalue weighted by molar-refractivity contribution is -0.117. The average molecular weight is 196 g/mol. The molecular formula is C9H16N4O. The van der Waals surface area contributed by atoms with Crippen molar-refractivity contribution in [1.82, 2.24) is 15.1 Å². The third-order valence-corrected chi connectivity index (χ3v) is 1.88. The molecule has 5 heteroatoms. The van der Waals surface area contributed by atoms with Crippen molar-refractivity contribution in [2.45, 2.75) is 25.9 Å². The SMILES string of the molecule is CC(Cn1cccn1)NCCC(N)=O. The summed E-state index contributed by atoms with van der Waals surface area (Å²) in [6.07, 6.45) is 4.03. The predicted molar refractivity (Wildman–Crippen MR) is 53.5 cm³/mol. The van der Waals surface area contributed by atoms with Crippen LogP contribution in [-0.4, -0.2) is 28.3 Å². The van der Waals surface area contributed by atoms with Crippen LogP contribution in [0.4, 0.5) is 0 Å². The molecule has 78 valence electrons. The second kappa shape index (κ2) is 5.39. The maximum absolute atomic E-state index is 10.5. The third kappa shape index (κ3) is 4.04. The first-order valence-electron chi connectivity index (χ1n) is 4.67. The molecule has 0 saturated carbocycles. The van der Waals surface area contributed by atoms with Crippen molar-refractivity contribution < 1.29 is 4.79 Å². The summed E-state index contributed by atoms with van der Waals surface area (Å²) in [7, 11) is 0. The summed E-state index contributed by atoms with van der Waals surface area (Å²) in [4.78, 5) is 10.5. The molecule has 0 aromatic carbocycles. The van der Waals surface area contributed by atoms with E-state index in [4.69, 9.17) is 5.73 Å². The summed E-state index contributed by atoms with van der Waals surface area (Å²) in [6, 6.07) is 2.17. The summed E-state index contributed by atoms with van der Waals surface area (Å²) in [5.74, 6) is -0.274. The Hall–Kier alpha value is -1.36. The first-order chi connectivity index (χ1) is 6.68. The molecule has 1 atom stereocenters. The molecule has 14 heavy (non-hydrogen) atoms. The van der Waals surface area contributed by atoms with Gasteiger partial charge in [-0.15, -0.1) is 0 Å². The number of nitrogens with one attached hydrogen (secondary N) is 1. The van der Waals surface area contributed by atoms with E-state index < -0.39 is 0 Å². The van der Waals surface area contributed by atoms with Crippen molar-refractivity contribution in [3.8, 4) is 0 Å². The van der Waals surface area contributed by atoms with Crippen LogP contribution in [0.1, 0.15) is 13.3 Å². The molecule has 0 aliphatic heterocycles. The zero-order chi connectivity index (χ0) is 10.4. The number of nitrogens with zero attached hydrogens (tertiary/aromatic N) is 2. The lowest BCUT2D eigenvalue weighted by atomic mass is 10.3. The van der Waals surface area contributed by atoms with Gasteiger partial charge in [0.05, 0.1) is 6.54 Å². The van der Waals surface area contributed by atoms with E-state index >= 15 is 0 Å². The number of carbonyl (C=O) groups is 1. The average Bonchev–Trinajstić information content (AvgIpc) is 2.56. The van der Waals surface area contributed by atoms with E-state index in [1.165, 1.54) is 0 Å². The summed E-state index contributed by atoms with van der Waals surface area (Å²) in [5, 5.41) is 7.27. The van der Waals surface area contributed by atoms with Crippen molar-refractivity contribution in [3.05, 3.63) is 18.5 Å². The molecule has 5 nitrogen and oxygen atoms in total. The highest BCUT2D eigenvalue weighted by Gasteiger charge is 2.02. The van der Waals surface area contributed by atoms with Gasteiger partial charge in [0.2, 0.25) is 5.91 Å². The third-order valence-electron chi connectivity index (χ3n) is 1.88. The van der Waals surface area contributed by atoms with Crippen LogP contribution in [-0.2, 0) is 11.3 Å². The first-order valence-corrected chi connectivity index (χ1v) is 4.67. The molecule has 0 spiro atoms. The van der Waals surface area contributed by atoms with E-state index in [-0.39, 0.29) is 11.9 Å².